The van der Waals surface area contributed by atoms with E-state index in [9.17, 15) is 5.11 Å². The van der Waals surface area contributed by atoms with Gasteiger partial charge in [0.2, 0.25) is 0 Å². The number of rotatable bonds is 9. The van der Waals surface area contributed by atoms with Gasteiger partial charge >= 0.3 is 0 Å². The number of thioether (sulfide) groups is 1. The van der Waals surface area contributed by atoms with Crippen LogP contribution in [0.25, 0.3) is 10.8 Å². The Kier molecular flexibility index (Phi) is 6.46. The lowest BCUT2D eigenvalue weighted by atomic mass is 10.2. The van der Waals surface area contributed by atoms with Crippen molar-refractivity contribution in [1.82, 2.24) is 10.2 Å². The van der Waals surface area contributed by atoms with Crippen LogP contribution in [0.15, 0.2) is 51.4 Å². The summed E-state index contributed by atoms with van der Waals surface area (Å²) in [6.07, 6.45) is -0.611. The summed E-state index contributed by atoms with van der Waals surface area (Å²) < 4.78 is 16.2. The second kappa shape index (κ2) is 9.00. The van der Waals surface area contributed by atoms with Gasteiger partial charge in [-0.25, -0.2) is 0 Å². The van der Waals surface area contributed by atoms with Crippen molar-refractivity contribution in [2.24, 2.45) is 0 Å². The molecule has 0 fully saturated rings. The van der Waals surface area contributed by atoms with Crippen molar-refractivity contribution in [3.05, 3.63) is 47.3 Å². The molecule has 0 aliphatic heterocycles. The highest BCUT2D eigenvalue weighted by atomic mass is 32.2. The minimum atomic E-state index is -0.611. The number of benzene rings is 1. The second-order valence-electron chi connectivity index (χ2n) is 5.18. The third-order valence-electron chi connectivity index (χ3n) is 3.28. The van der Waals surface area contributed by atoms with E-state index in [1.165, 1.54) is 11.8 Å². The van der Waals surface area contributed by atoms with E-state index in [0.717, 1.165) is 16.2 Å². The Balaban J connectivity index is 1.38. The molecule has 1 N–H and O–H groups in total. The summed E-state index contributed by atoms with van der Waals surface area (Å²) in [5.41, 5.74) is 1.03. The molecule has 0 saturated heterocycles. The van der Waals surface area contributed by atoms with Gasteiger partial charge in [0.25, 0.3) is 11.1 Å². The summed E-state index contributed by atoms with van der Waals surface area (Å²) in [4.78, 5) is 0.933. The smallest absolute Gasteiger partial charge is 0.276 e. The quantitative estimate of drug-likeness (QED) is 0.571. The average Bonchev–Trinajstić information content (AvgIpc) is 3.32. The third-order valence-corrected chi connectivity index (χ3v) is 5.10. The monoisotopic (exact) mass is 378 g/mol. The zero-order valence-electron chi connectivity index (χ0n) is 13.6. The van der Waals surface area contributed by atoms with Gasteiger partial charge in [-0.3, -0.25) is 0 Å². The summed E-state index contributed by atoms with van der Waals surface area (Å²) >= 11 is 2.86. The average molecular weight is 378 g/mol. The normalized spacial score (nSPS) is 12.2. The fraction of sp³-hybridized carbons (Fsp3) is 0.294. The van der Waals surface area contributed by atoms with Crippen LogP contribution in [0.1, 0.15) is 5.56 Å². The molecule has 132 valence electrons. The molecule has 0 saturated carbocycles. The predicted molar refractivity (Wildman–Crippen MR) is 97.0 cm³/mol. The van der Waals surface area contributed by atoms with E-state index in [2.05, 4.69) is 10.2 Å². The van der Waals surface area contributed by atoms with Gasteiger partial charge in [0, 0.05) is 5.75 Å². The fourth-order valence-electron chi connectivity index (χ4n) is 2.02. The zero-order chi connectivity index (χ0) is 17.5. The maximum atomic E-state index is 10.0. The van der Waals surface area contributed by atoms with Crippen LogP contribution >= 0.6 is 23.1 Å². The van der Waals surface area contributed by atoms with Gasteiger partial charge in [0.1, 0.15) is 5.75 Å². The number of nitrogens with zero attached hydrogens (tertiary/aromatic N) is 2. The molecule has 0 aliphatic carbocycles. The molecule has 3 aromatic rings. The Morgan fingerprint density at radius 2 is 2.08 bits per heavy atom. The molecule has 0 aliphatic rings. The molecule has 0 bridgehead atoms. The summed E-state index contributed by atoms with van der Waals surface area (Å²) in [7, 11) is 1.63. The molecule has 25 heavy (non-hydrogen) atoms. The van der Waals surface area contributed by atoms with E-state index in [1.54, 1.807) is 18.4 Å². The first-order valence-corrected chi connectivity index (χ1v) is 9.50. The Bertz CT molecular complexity index is 759. The highest BCUT2D eigenvalue weighted by Gasteiger charge is 2.12. The molecule has 3 rings (SSSR count). The maximum absolute atomic E-state index is 10.0. The molecule has 6 nitrogen and oxygen atoms in total. The Morgan fingerprint density at radius 1 is 1.24 bits per heavy atom. The van der Waals surface area contributed by atoms with Crippen molar-refractivity contribution in [2.45, 2.75) is 17.9 Å². The molecule has 0 spiro atoms. The standard InChI is InChI=1S/C17H18N2O4S2/c1-21-14-6-4-12(5-7-14)9-22-10-13(20)11-25-17-19-18-16(23-17)15-3-2-8-24-15/h2-8,13,20H,9-11H2,1H3. The van der Waals surface area contributed by atoms with Crippen LogP contribution in [0.5, 0.6) is 5.75 Å². The number of hydrogen-bond donors (Lipinski definition) is 1. The zero-order valence-corrected chi connectivity index (χ0v) is 15.3. The van der Waals surface area contributed by atoms with Crippen LogP contribution < -0.4 is 4.74 Å². The maximum Gasteiger partial charge on any atom is 0.276 e. The van der Waals surface area contributed by atoms with E-state index < -0.39 is 6.10 Å². The van der Waals surface area contributed by atoms with Crippen LogP contribution in [0.2, 0.25) is 0 Å². The van der Waals surface area contributed by atoms with Gasteiger partial charge in [0.15, 0.2) is 0 Å². The van der Waals surface area contributed by atoms with E-state index >= 15 is 0 Å². The SMILES string of the molecule is COc1ccc(COCC(O)CSc2nnc(-c3cccs3)o2)cc1. The van der Waals surface area contributed by atoms with Gasteiger partial charge in [-0.05, 0) is 29.1 Å². The molecule has 0 radical (unpaired) electrons. The number of aromatic nitrogens is 2. The lowest BCUT2D eigenvalue weighted by molar-refractivity contribution is 0.0397. The van der Waals surface area contributed by atoms with Gasteiger partial charge in [-0.2, -0.15) is 0 Å². The number of aliphatic hydroxyl groups is 1. The van der Waals surface area contributed by atoms with Crippen molar-refractivity contribution in [2.75, 3.05) is 19.5 Å². The molecular formula is C17H18N2O4S2. The van der Waals surface area contributed by atoms with Gasteiger partial charge in [0.05, 0.1) is 31.3 Å². The van der Waals surface area contributed by atoms with E-state index in [-0.39, 0.29) is 6.61 Å². The number of thiophene rings is 1. The molecule has 1 atom stereocenters. The molecule has 8 heteroatoms. The van der Waals surface area contributed by atoms with E-state index in [0.29, 0.717) is 23.5 Å². The first-order chi connectivity index (χ1) is 12.2. The van der Waals surface area contributed by atoms with Crippen LogP contribution in [-0.2, 0) is 11.3 Å². The van der Waals surface area contributed by atoms with Crippen LogP contribution in [0, 0.1) is 0 Å². The van der Waals surface area contributed by atoms with Crippen molar-refractivity contribution >= 4 is 23.1 Å². The van der Waals surface area contributed by atoms with Gasteiger partial charge < -0.3 is 19.0 Å². The third kappa shape index (κ3) is 5.30. The second-order valence-corrected chi connectivity index (χ2v) is 7.10. The Morgan fingerprint density at radius 3 is 2.80 bits per heavy atom. The lowest BCUT2D eigenvalue weighted by Crippen LogP contribution is -2.17. The van der Waals surface area contributed by atoms with E-state index in [1.807, 2.05) is 41.8 Å². The summed E-state index contributed by atoms with van der Waals surface area (Å²) in [5.74, 6) is 1.73. The largest absolute Gasteiger partial charge is 0.497 e. The van der Waals surface area contributed by atoms with Crippen molar-refractivity contribution in [3.8, 4) is 16.5 Å². The Labute approximate surface area is 153 Å². The summed E-state index contributed by atoms with van der Waals surface area (Å²) in [6, 6.07) is 11.5. The van der Waals surface area contributed by atoms with Gasteiger partial charge in [-0.15, -0.1) is 21.5 Å². The molecule has 1 aromatic carbocycles. The number of aliphatic hydroxyl groups excluding tert-OH is 1. The van der Waals surface area contributed by atoms with E-state index in [4.69, 9.17) is 13.9 Å². The van der Waals surface area contributed by atoms with Gasteiger partial charge in [-0.1, -0.05) is 30.0 Å². The van der Waals surface area contributed by atoms with Crippen molar-refractivity contribution in [1.29, 1.82) is 0 Å². The summed E-state index contributed by atoms with van der Waals surface area (Å²) in [5, 5.41) is 20.4. The highest BCUT2D eigenvalue weighted by Crippen LogP contribution is 2.26. The lowest BCUT2D eigenvalue weighted by Gasteiger charge is -2.10. The Hall–Kier alpha value is -1.87. The molecule has 2 aromatic heterocycles. The molecule has 1 unspecified atom stereocenters. The van der Waals surface area contributed by atoms with Crippen LogP contribution in [0.4, 0.5) is 0 Å². The van der Waals surface area contributed by atoms with Crippen molar-refractivity contribution in [3.63, 3.8) is 0 Å². The first-order valence-electron chi connectivity index (χ1n) is 7.63. The molecule has 2 heterocycles. The fourth-order valence-corrected chi connectivity index (χ4v) is 3.33. The van der Waals surface area contributed by atoms with Crippen LogP contribution in [0.3, 0.4) is 0 Å². The topological polar surface area (TPSA) is 77.6 Å². The minimum absolute atomic E-state index is 0.241. The minimum Gasteiger partial charge on any atom is -0.497 e. The first kappa shape index (κ1) is 17.9. The highest BCUT2D eigenvalue weighted by molar-refractivity contribution is 7.99. The van der Waals surface area contributed by atoms with Crippen molar-refractivity contribution < 1.29 is 19.0 Å². The molecular weight excluding hydrogens is 360 g/mol. The predicted octanol–water partition coefficient (Wildman–Crippen LogP) is 3.48. The summed E-state index contributed by atoms with van der Waals surface area (Å²) in [6.45, 7) is 0.680. The van der Waals surface area contributed by atoms with Crippen LogP contribution in [-0.4, -0.2) is 40.9 Å². The number of methoxy groups -OCH3 is 1. The number of ether oxygens (including phenoxy) is 2. The number of hydrogen-bond acceptors (Lipinski definition) is 8. The molecule has 0 amide bonds.